The maximum Gasteiger partial charge on any atom is 0.208 e. The Bertz CT molecular complexity index is 727. The Morgan fingerprint density at radius 2 is 1.58 bits per heavy atom. The van der Waals surface area contributed by atoms with Crippen molar-refractivity contribution < 1.29 is 0 Å². The summed E-state index contributed by atoms with van der Waals surface area (Å²) in [5.41, 5.74) is 2.07. The maximum atomic E-state index is 4.61. The van der Waals surface area contributed by atoms with Gasteiger partial charge in [0.05, 0.1) is 5.69 Å². The SMILES string of the molecule is Cn1nc(-c2ccccc2)sc1=Nc1ccccc1. The molecular formula is C15H13N3S. The zero-order valence-electron chi connectivity index (χ0n) is 10.5. The number of hydrogen-bond donors (Lipinski definition) is 0. The Hall–Kier alpha value is -2.20. The molecule has 0 aliphatic rings. The van der Waals surface area contributed by atoms with E-state index in [1.54, 1.807) is 11.3 Å². The summed E-state index contributed by atoms with van der Waals surface area (Å²) in [5, 5.41) is 5.50. The fourth-order valence-electron chi connectivity index (χ4n) is 1.76. The van der Waals surface area contributed by atoms with Crippen molar-refractivity contribution in [3.05, 3.63) is 65.5 Å². The van der Waals surface area contributed by atoms with Gasteiger partial charge >= 0.3 is 0 Å². The van der Waals surface area contributed by atoms with Crippen molar-refractivity contribution in [3.8, 4) is 10.6 Å². The van der Waals surface area contributed by atoms with E-state index in [1.807, 2.05) is 60.3 Å². The van der Waals surface area contributed by atoms with E-state index >= 15 is 0 Å². The van der Waals surface area contributed by atoms with Crippen LogP contribution in [0.2, 0.25) is 0 Å². The van der Waals surface area contributed by atoms with Crippen molar-refractivity contribution in [1.29, 1.82) is 0 Å². The maximum absolute atomic E-state index is 4.61. The Morgan fingerprint density at radius 1 is 0.947 bits per heavy atom. The van der Waals surface area contributed by atoms with E-state index in [1.165, 1.54) is 0 Å². The molecule has 0 fully saturated rings. The lowest BCUT2D eigenvalue weighted by Crippen LogP contribution is -2.10. The van der Waals surface area contributed by atoms with Crippen molar-refractivity contribution in [2.45, 2.75) is 0 Å². The fraction of sp³-hybridized carbons (Fsp3) is 0.0667. The molecule has 1 aromatic heterocycles. The molecule has 0 spiro atoms. The van der Waals surface area contributed by atoms with E-state index in [-0.39, 0.29) is 0 Å². The lowest BCUT2D eigenvalue weighted by Gasteiger charge is -1.92. The zero-order valence-corrected chi connectivity index (χ0v) is 11.3. The second-order valence-electron chi connectivity index (χ2n) is 4.13. The van der Waals surface area contributed by atoms with E-state index in [9.17, 15) is 0 Å². The van der Waals surface area contributed by atoms with E-state index in [0.29, 0.717) is 0 Å². The lowest BCUT2D eigenvalue weighted by molar-refractivity contribution is 0.732. The van der Waals surface area contributed by atoms with E-state index in [2.05, 4.69) is 22.2 Å². The molecule has 0 amide bonds. The molecule has 0 aliphatic heterocycles. The second kappa shape index (κ2) is 5.20. The summed E-state index contributed by atoms with van der Waals surface area (Å²) < 4.78 is 1.82. The molecule has 0 saturated carbocycles. The lowest BCUT2D eigenvalue weighted by atomic mass is 10.2. The molecule has 3 rings (SSSR count). The minimum atomic E-state index is 0.894. The van der Waals surface area contributed by atoms with Crippen LogP contribution in [0.4, 0.5) is 5.69 Å². The van der Waals surface area contributed by atoms with Crippen molar-refractivity contribution in [2.75, 3.05) is 0 Å². The molecule has 0 radical (unpaired) electrons. The van der Waals surface area contributed by atoms with E-state index in [4.69, 9.17) is 0 Å². The Balaban J connectivity index is 2.06. The van der Waals surface area contributed by atoms with Gasteiger partial charge in [-0.1, -0.05) is 59.9 Å². The first kappa shape index (κ1) is 11.9. The molecule has 0 atom stereocenters. The van der Waals surface area contributed by atoms with Gasteiger partial charge in [0.2, 0.25) is 4.80 Å². The Morgan fingerprint density at radius 3 is 2.26 bits per heavy atom. The molecule has 2 aromatic carbocycles. The number of aryl methyl sites for hydroxylation is 1. The molecule has 94 valence electrons. The van der Waals surface area contributed by atoms with Crippen LogP contribution >= 0.6 is 11.3 Å². The highest BCUT2D eigenvalue weighted by Gasteiger charge is 2.04. The smallest absolute Gasteiger partial charge is 0.208 e. The quantitative estimate of drug-likeness (QED) is 0.700. The third-order valence-electron chi connectivity index (χ3n) is 2.71. The van der Waals surface area contributed by atoms with Crippen LogP contribution in [0.25, 0.3) is 10.6 Å². The highest BCUT2D eigenvalue weighted by atomic mass is 32.1. The van der Waals surface area contributed by atoms with Crippen LogP contribution < -0.4 is 4.80 Å². The number of hydrogen-bond acceptors (Lipinski definition) is 3. The molecule has 3 nitrogen and oxygen atoms in total. The first-order valence-corrected chi connectivity index (χ1v) is 6.84. The summed E-state index contributed by atoms with van der Waals surface area (Å²) >= 11 is 1.59. The number of benzene rings is 2. The zero-order chi connectivity index (χ0) is 13.1. The van der Waals surface area contributed by atoms with Crippen molar-refractivity contribution in [2.24, 2.45) is 12.0 Å². The van der Waals surface area contributed by atoms with Gasteiger partial charge in [-0.05, 0) is 12.1 Å². The van der Waals surface area contributed by atoms with Gasteiger partial charge in [0, 0.05) is 12.6 Å². The standard InChI is InChI=1S/C15H13N3S/c1-18-15(16-13-10-6-3-7-11-13)19-14(17-18)12-8-4-2-5-9-12/h2-11H,1H3. The molecule has 19 heavy (non-hydrogen) atoms. The summed E-state index contributed by atoms with van der Waals surface area (Å²) in [6.45, 7) is 0. The van der Waals surface area contributed by atoms with Gasteiger partial charge in [0.25, 0.3) is 0 Å². The van der Waals surface area contributed by atoms with Gasteiger partial charge in [-0.25, -0.2) is 9.67 Å². The largest absolute Gasteiger partial charge is 0.241 e. The normalized spacial score (nSPS) is 11.7. The van der Waals surface area contributed by atoms with E-state index in [0.717, 1.165) is 21.1 Å². The topological polar surface area (TPSA) is 30.2 Å². The van der Waals surface area contributed by atoms with Gasteiger partial charge in [0.1, 0.15) is 5.01 Å². The molecular weight excluding hydrogens is 254 g/mol. The molecule has 0 saturated heterocycles. The summed E-state index contributed by atoms with van der Waals surface area (Å²) in [5.74, 6) is 0. The number of aromatic nitrogens is 2. The molecule has 1 heterocycles. The molecule has 0 unspecified atom stereocenters. The summed E-state index contributed by atoms with van der Waals surface area (Å²) in [4.78, 5) is 5.50. The van der Waals surface area contributed by atoms with Gasteiger partial charge in [-0.2, -0.15) is 5.10 Å². The van der Waals surface area contributed by atoms with Crippen LogP contribution in [-0.2, 0) is 7.05 Å². The number of para-hydroxylation sites is 1. The predicted octanol–water partition coefficient (Wildman–Crippen LogP) is 3.38. The van der Waals surface area contributed by atoms with Gasteiger partial charge in [-0.15, -0.1) is 0 Å². The van der Waals surface area contributed by atoms with Crippen LogP contribution in [-0.4, -0.2) is 9.78 Å². The summed E-state index contributed by atoms with van der Waals surface area (Å²) in [6, 6.07) is 20.1. The average molecular weight is 267 g/mol. The second-order valence-corrected chi connectivity index (χ2v) is 5.08. The molecule has 4 heteroatoms. The minimum Gasteiger partial charge on any atom is -0.241 e. The summed E-state index contributed by atoms with van der Waals surface area (Å²) in [6.07, 6.45) is 0. The Kier molecular flexibility index (Phi) is 3.25. The Labute approximate surface area is 115 Å². The fourth-order valence-corrected chi connectivity index (χ4v) is 2.67. The third kappa shape index (κ3) is 2.63. The van der Waals surface area contributed by atoms with Gasteiger partial charge < -0.3 is 0 Å². The molecule has 0 bridgehead atoms. The molecule has 0 N–H and O–H groups in total. The van der Waals surface area contributed by atoms with Crippen LogP contribution in [0.15, 0.2) is 65.7 Å². The monoisotopic (exact) mass is 267 g/mol. The van der Waals surface area contributed by atoms with Crippen LogP contribution in [0.3, 0.4) is 0 Å². The van der Waals surface area contributed by atoms with Crippen molar-refractivity contribution >= 4 is 17.0 Å². The van der Waals surface area contributed by atoms with Crippen molar-refractivity contribution in [3.63, 3.8) is 0 Å². The highest BCUT2D eigenvalue weighted by Crippen LogP contribution is 2.18. The molecule has 0 aliphatic carbocycles. The number of nitrogens with zero attached hydrogens (tertiary/aromatic N) is 3. The van der Waals surface area contributed by atoms with Crippen LogP contribution in [0, 0.1) is 0 Å². The van der Waals surface area contributed by atoms with Crippen molar-refractivity contribution in [1.82, 2.24) is 9.78 Å². The first-order chi connectivity index (χ1) is 9.33. The van der Waals surface area contributed by atoms with E-state index < -0.39 is 0 Å². The van der Waals surface area contributed by atoms with Gasteiger partial charge in [0.15, 0.2) is 0 Å². The number of rotatable bonds is 2. The average Bonchev–Trinajstić information content (AvgIpc) is 2.82. The van der Waals surface area contributed by atoms with Crippen LogP contribution in [0.5, 0.6) is 0 Å². The summed E-state index contributed by atoms with van der Waals surface area (Å²) in [7, 11) is 1.92. The van der Waals surface area contributed by atoms with Gasteiger partial charge in [-0.3, -0.25) is 0 Å². The van der Waals surface area contributed by atoms with Crippen LogP contribution in [0.1, 0.15) is 0 Å². The predicted molar refractivity (Wildman–Crippen MR) is 78.2 cm³/mol. The minimum absolute atomic E-state index is 0.894. The molecule has 3 aromatic rings. The third-order valence-corrected chi connectivity index (χ3v) is 3.76. The highest BCUT2D eigenvalue weighted by molar-refractivity contribution is 7.12. The first-order valence-electron chi connectivity index (χ1n) is 6.02.